The first kappa shape index (κ1) is 16.7. The van der Waals surface area contributed by atoms with Gasteiger partial charge in [-0.25, -0.2) is 0 Å². The summed E-state index contributed by atoms with van der Waals surface area (Å²) in [6.07, 6.45) is 3.86. The van der Waals surface area contributed by atoms with Crippen molar-refractivity contribution in [3.8, 4) is 0 Å². The molecule has 0 spiro atoms. The number of hydrogen-bond acceptors (Lipinski definition) is 4. The number of nitrogens with zero attached hydrogens (tertiary/aromatic N) is 4. The van der Waals surface area contributed by atoms with Crippen molar-refractivity contribution < 1.29 is 9.53 Å². The van der Waals surface area contributed by atoms with Crippen LogP contribution in [0.25, 0.3) is 10.9 Å². The predicted octanol–water partition coefficient (Wildman–Crippen LogP) is 2.79. The second-order valence-electron chi connectivity index (χ2n) is 6.63. The standard InChI is InChI=1S/C20H22N4O2/c1-23-18-10-3-2-9-17(18)19(22-23)20(25)24(14-16-8-6-12-26-16)13-15-7-4-5-11-21-15/h2-5,7,9-11,16H,6,8,12-14H2,1H3. The highest BCUT2D eigenvalue weighted by Gasteiger charge is 2.27. The van der Waals surface area contributed by atoms with Crippen LogP contribution in [-0.2, 0) is 18.3 Å². The summed E-state index contributed by atoms with van der Waals surface area (Å²) >= 11 is 0. The van der Waals surface area contributed by atoms with Gasteiger partial charge < -0.3 is 9.64 Å². The van der Waals surface area contributed by atoms with Gasteiger partial charge in [0.25, 0.3) is 5.91 Å². The van der Waals surface area contributed by atoms with Crippen molar-refractivity contribution in [2.75, 3.05) is 13.2 Å². The Morgan fingerprint density at radius 1 is 1.27 bits per heavy atom. The van der Waals surface area contributed by atoms with Crippen LogP contribution < -0.4 is 0 Å². The second kappa shape index (κ2) is 7.25. The lowest BCUT2D eigenvalue weighted by molar-refractivity contribution is 0.0501. The summed E-state index contributed by atoms with van der Waals surface area (Å²) in [5, 5.41) is 5.36. The molecule has 1 aliphatic heterocycles. The van der Waals surface area contributed by atoms with E-state index in [9.17, 15) is 4.79 Å². The van der Waals surface area contributed by atoms with Gasteiger partial charge in [0, 0.05) is 31.8 Å². The molecule has 1 unspecified atom stereocenters. The van der Waals surface area contributed by atoms with Crippen molar-refractivity contribution in [1.29, 1.82) is 0 Å². The molecule has 0 aliphatic carbocycles. The zero-order chi connectivity index (χ0) is 17.9. The van der Waals surface area contributed by atoms with E-state index in [4.69, 9.17) is 4.74 Å². The van der Waals surface area contributed by atoms with Crippen LogP contribution in [0.1, 0.15) is 29.0 Å². The highest BCUT2D eigenvalue weighted by atomic mass is 16.5. The number of hydrogen-bond donors (Lipinski definition) is 0. The maximum Gasteiger partial charge on any atom is 0.275 e. The maximum atomic E-state index is 13.3. The van der Waals surface area contributed by atoms with Gasteiger partial charge in [0.05, 0.1) is 23.9 Å². The van der Waals surface area contributed by atoms with Gasteiger partial charge in [0.2, 0.25) is 0 Å². The molecule has 134 valence electrons. The molecule has 3 aromatic rings. The first-order valence-electron chi connectivity index (χ1n) is 8.95. The molecule has 1 atom stereocenters. The largest absolute Gasteiger partial charge is 0.376 e. The molecular formula is C20H22N4O2. The number of ether oxygens (including phenoxy) is 1. The molecule has 0 bridgehead atoms. The van der Waals surface area contributed by atoms with Crippen LogP contribution in [-0.4, -0.2) is 44.8 Å². The fourth-order valence-electron chi connectivity index (χ4n) is 3.46. The molecule has 6 nitrogen and oxygen atoms in total. The van der Waals surface area contributed by atoms with Crippen LogP contribution in [0.5, 0.6) is 0 Å². The number of pyridine rings is 1. The van der Waals surface area contributed by atoms with E-state index in [1.165, 1.54) is 0 Å². The highest BCUT2D eigenvalue weighted by molar-refractivity contribution is 6.04. The number of fused-ring (bicyclic) bond motifs is 1. The lowest BCUT2D eigenvalue weighted by Gasteiger charge is -2.24. The van der Waals surface area contributed by atoms with Crippen LogP contribution in [0.2, 0.25) is 0 Å². The molecule has 1 aromatic carbocycles. The van der Waals surface area contributed by atoms with E-state index in [1.807, 2.05) is 54.4 Å². The second-order valence-corrected chi connectivity index (χ2v) is 6.63. The van der Waals surface area contributed by atoms with Crippen molar-refractivity contribution in [3.05, 3.63) is 60.0 Å². The lowest BCUT2D eigenvalue weighted by atomic mass is 10.1. The number of carbonyl (C=O) groups excluding carboxylic acids is 1. The third-order valence-electron chi connectivity index (χ3n) is 4.77. The number of para-hydroxylation sites is 1. The summed E-state index contributed by atoms with van der Waals surface area (Å²) in [6.45, 7) is 1.77. The molecule has 3 heterocycles. The summed E-state index contributed by atoms with van der Waals surface area (Å²) in [6, 6.07) is 13.6. The zero-order valence-electron chi connectivity index (χ0n) is 14.8. The molecule has 0 radical (unpaired) electrons. The fraction of sp³-hybridized carbons (Fsp3) is 0.350. The summed E-state index contributed by atoms with van der Waals surface area (Å²) in [5.74, 6) is -0.0806. The average Bonchev–Trinajstić information content (AvgIpc) is 3.30. The molecule has 26 heavy (non-hydrogen) atoms. The number of amides is 1. The number of aromatic nitrogens is 3. The SMILES string of the molecule is Cn1nc(C(=O)N(Cc2ccccn2)CC2CCCO2)c2ccccc21. The van der Waals surface area contributed by atoms with E-state index >= 15 is 0 Å². The molecule has 1 aliphatic rings. The van der Waals surface area contributed by atoms with Gasteiger partial charge in [-0.2, -0.15) is 5.10 Å². The van der Waals surface area contributed by atoms with Crippen molar-refractivity contribution in [2.45, 2.75) is 25.5 Å². The van der Waals surface area contributed by atoms with Crippen LogP contribution in [0, 0.1) is 0 Å². The summed E-state index contributed by atoms with van der Waals surface area (Å²) in [5.41, 5.74) is 2.29. The predicted molar refractivity (Wildman–Crippen MR) is 98.7 cm³/mol. The van der Waals surface area contributed by atoms with Gasteiger partial charge in [-0.3, -0.25) is 14.5 Å². The quantitative estimate of drug-likeness (QED) is 0.710. The normalized spacial score (nSPS) is 16.9. The maximum absolute atomic E-state index is 13.3. The van der Waals surface area contributed by atoms with Crippen molar-refractivity contribution in [1.82, 2.24) is 19.7 Å². The summed E-state index contributed by atoms with van der Waals surface area (Å²) in [4.78, 5) is 19.5. The molecule has 4 rings (SSSR count). The summed E-state index contributed by atoms with van der Waals surface area (Å²) < 4.78 is 7.52. The van der Waals surface area contributed by atoms with Crippen LogP contribution >= 0.6 is 0 Å². The molecule has 0 saturated carbocycles. The van der Waals surface area contributed by atoms with Gasteiger partial charge in [-0.15, -0.1) is 0 Å². The van der Waals surface area contributed by atoms with Gasteiger partial charge in [0.1, 0.15) is 0 Å². The minimum Gasteiger partial charge on any atom is -0.376 e. The molecule has 1 saturated heterocycles. The summed E-state index contributed by atoms with van der Waals surface area (Å²) in [7, 11) is 1.86. The van der Waals surface area contributed by atoms with Crippen molar-refractivity contribution >= 4 is 16.8 Å². The Bertz CT molecular complexity index is 901. The molecule has 6 heteroatoms. The molecule has 2 aromatic heterocycles. The van der Waals surface area contributed by atoms with Gasteiger partial charge in [-0.05, 0) is 31.0 Å². The Balaban J connectivity index is 1.66. The lowest BCUT2D eigenvalue weighted by Crippen LogP contribution is -2.37. The zero-order valence-corrected chi connectivity index (χ0v) is 14.8. The Labute approximate surface area is 152 Å². The van der Waals surface area contributed by atoms with Gasteiger partial charge in [0.15, 0.2) is 5.69 Å². The topological polar surface area (TPSA) is 60.2 Å². The van der Waals surface area contributed by atoms with Crippen LogP contribution in [0.4, 0.5) is 0 Å². The Kier molecular flexibility index (Phi) is 4.67. The van der Waals surface area contributed by atoms with Gasteiger partial charge in [-0.1, -0.05) is 24.3 Å². The van der Waals surface area contributed by atoms with Crippen molar-refractivity contribution in [3.63, 3.8) is 0 Å². The fourth-order valence-corrected chi connectivity index (χ4v) is 3.46. The molecule has 1 amide bonds. The molecule has 1 fully saturated rings. The van der Waals surface area contributed by atoms with Crippen LogP contribution in [0.3, 0.4) is 0 Å². The van der Waals surface area contributed by atoms with E-state index < -0.39 is 0 Å². The number of benzene rings is 1. The first-order chi connectivity index (χ1) is 12.7. The number of aryl methyl sites for hydroxylation is 1. The Morgan fingerprint density at radius 3 is 2.88 bits per heavy atom. The van der Waals surface area contributed by atoms with Crippen molar-refractivity contribution in [2.24, 2.45) is 7.05 Å². The minimum absolute atomic E-state index is 0.0806. The molecular weight excluding hydrogens is 328 g/mol. The minimum atomic E-state index is -0.0806. The van der Waals surface area contributed by atoms with E-state index in [-0.39, 0.29) is 12.0 Å². The monoisotopic (exact) mass is 350 g/mol. The third-order valence-corrected chi connectivity index (χ3v) is 4.77. The van der Waals surface area contributed by atoms with E-state index in [0.29, 0.717) is 18.8 Å². The Morgan fingerprint density at radius 2 is 2.12 bits per heavy atom. The Hall–Kier alpha value is -2.73. The van der Waals surface area contributed by atoms with E-state index in [0.717, 1.165) is 36.0 Å². The number of rotatable bonds is 5. The average molecular weight is 350 g/mol. The highest BCUT2D eigenvalue weighted by Crippen LogP contribution is 2.21. The smallest absolute Gasteiger partial charge is 0.275 e. The van der Waals surface area contributed by atoms with E-state index in [2.05, 4.69) is 10.1 Å². The van der Waals surface area contributed by atoms with Gasteiger partial charge >= 0.3 is 0 Å². The van der Waals surface area contributed by atoms with Crippen LogP contribution in [0.15, 0.2) is 48.7 Å². The first-order valence-corrected chi connectivity index (χ1v) is 8.95. The van der Waals surface area contributed by atoms with E-state index in [1.54, 1.807) is 10.9 Å². The molecule has 0 N–H and O–H groups in total. The third kappa shape index (κ3) is 3.32. The number of carbonyl (C=O) groups is 1.